The molecule has 1 aliphatic rings. The Morgan fingerprint density at radius 3 is 2.58 bits per heavy atom. The SMILES string of the molecule is CN=C(C)N1[C@H](C(=O)OC)[C@@H]1C. The van der Waals surface area contributed by atoms with Crippen molar-refractivity contribution in [2.45, 2.75) is 25.9 Å². The van der Waals surface area contributed by atoms with Crippen LogP contribution in [0, 0.1) is 0 Å². The van der Waals surface area contributed by atoms with E-state index in [2.05, 4.69) is 9.73 Å². The minimum Gasteiger partial charge on any atom is -0.467 e. The molecular weight excluding hydrogens is 156 g/mol. The first kappa shape index (κ1) is 9.03. The molecule has 68 valence electrons. The van der Waals surface area contributed by atoms with Crippen molar-refractivity contribution in [1.29, 1.82) is 0 Å². The van der Waals surface area contributed by atoms with Gasteiger partial charge in [-0.25, -0.2) is 4.79 Å². The summed E-state index contributed by atoms with van der Waals surface area (Å²) in [4.78, 5) is 17.0. The molecule has 1 heterocycles. The van der Waals surface area contributed by atoms with Crippen LogP contribution in [0.1, 0.15) is 13.8 Å². The lowest BCUT2D eigenvalue weighted by Crippen LogP contribution is -2.17. The van der Waals surface area contributed by atoms with Gasteiger partial charge in [-0.1, -0.05) is 0 Å². The second-order valence-electron chi connectivity index (χ2n) is 2.89. The summed E-state index contributed by atoms with van der Waals surface area (Å²) in [7, 11) is 3.12. The van der Waals surface area contributed by atoms with E-state index in [1.165, 1.54) is 7.11 Å². The summed E-state index contributed by atoms with van der Waals surface area (Å²) >= 11 is 0. The quantitative estimate of drug-likeness (QED) is 0.246. The zero-order valence-electron chi connectivity index (χ0n) is 7.87. The van der Waals surface area contributed by atoms with Gasteiger partial charge in [-0.3, -0.25) is 4.99 Å². The summed E-state index contributed by atoms with van der Waals surface area (Å²) in [6.45, 7) is 3.87. The van der Waals surface area contributed by atoms with Gasteiger partial charge in [0.25, 0.3) is 0 Å². The molecule has 2 atom stereocenters. The molecule has 0 aromatic rings. The van der Waals surface area contributed by atoms with E-state index in [0.717, 1.165) is 5.84 Å². The molecule has 1 saturated heterocycles. The number of carbonyl (C=O) groups is 1. The molecule has 12 heavy (non-hydrogen) atoms. The van der Waals surface area contributed by atoms with E-state index in [9.17, 15) is 4.79 Å². The molecular formula is C8H14N2O2. The van der Waals surface area contributed by atoms with Crippen LogP contribution in [0.3, 0.4) is 0 Å². The largest absolute Gasteiger partial charge is 0.467 e. The van der Waals surface area contributed by atoms with Crippen LogP contribution in [-0.4, -0.2) is 42.9 Å². The Hall–Kier alpha value is -1.06. The van der Waals surface area contributed by atoms with Crippen molar-refractivity contribution in [2.24, 2.45) is 4.99 Å². The molecule has 4 nitrogen and oxygen atoms in total. The summed E-state index contributed by atoms with van der Waals surface area (Å²) in [5.74, 6) is 0.711. The smallest absolute Gasteiger partial charge is 0.330 e. The Bertz CT molecular complexity index is 225. The fraction of sp³-hybridized carbons (Fsp3) is 0.750. The van der Waals surface area contributed by atoms with Crippen LogP contribution in [0.25, 0.3) is 0 Å². The summed E-state index contributed by atoms with van der Waals surface area (Å²) in [6, 6.07) is 0.125. The number of aliphatic imine (C=N–C) groups is 1. The van der Waals surface area contributed by atoms with Crippen molar-refractivity contribution >= 4 is 11.8 Å². The standard InChI is InChI=1S/C8H14N2O2/c1-5-7(8(11)12-4)10(5)6(2)9-3/h5,7H,1-4H3/t5-,7-,10?/m0/s1. The van der Waals surface area contributed by atoms with Crippen molar-refractivity contribution in [2.75, 3.05) is 14.2 Å². The first-order chi connectivity index (χ1) is 5.63. The zero-order chi connectivity index (χ0) is 9.30. The number of rotatable bonds is 1. The summed E-state index contributed by atoms with van der Waals surface area (Å²) < 4.78 is 4.63. The van der Waals surface area contributed by atoms with Crippen LogP contribution in [0.4, 0.5) is 0 Å². The normalized spacial score (nSPS) is 28.7. The van der Waals surface area contributed by atoms with E-state index in [4.69, 9.17) is 0 Å². The molecule has 0 amide bonds. The number of esters is 1. The Labute approximate surface area is 72.2 Å². The number of nitrogens with zero attached hydrogens (tertiary/aromatic N) is 2. The molecule has 1 aliphatic heterocycles. The Balaban J connectivity index is 2.59. The van der Waals surface area contributed by atoms with Gasteiger partial charge in [0.2, 0.25) is 0 Å². The van der Waals surface area contributed by atoms with E-state index in [-0.39, 0.29) is 18.1 Å². The van der Waals surface area contributed by atoms with Gasteiger partial charge >= 0.3 is 5.97 Å². The fourth-order valence-corrected chi connectivity index (χ4v) is 1.39. The highest BCUT2D eigenvalue weighted by Gasteiger charge is 2.50. The Morgan fingerprint density at radius 2 is 2.17 bits per heavy atom. The lowest BCUT2D eigenvalue weighted by atomic mass is 10.3. The van der Waals surface area contributed by atoms with Gasteiger partial charge in [0.05, 0.1) is 19.0 Å². The molecule has 0 N–H and O–H groups in total. The number of amidine groups is 1. The van der Waals surface area contributed by atoms with Crippen molar-refractivity contribution < 1.29 is 9.53 Å². The molecule has 1 rings (SSSR count). The molecule has 4 heteroatoms. The van der Waals surface area contributed by atoms with E-state index in [1.54, 1.807) is 7.05 Å². The predicted octanol–water partition coefficient (Wildman–Crippen LogP) is 0.280. The first-order valence-electron chi connectivity index (χ1n) is 3.93. The summed E-state index contributed by atoms with van der Waals surface area (Å²) in [5.41, 5.74) is 0. The van der Waals surface area contributed by atoms with Crippen molar-refractivity contribution in [1.82, 2.24) is 4.90 Å². The number of carbonyl (C=O) groups excluding carboxylic acids is 1. The molecule has 0 unspecified atom stereocenters. The number of hydrogen-bond acceptors (Lipinski definition) is 3. The van der Waals surface area contributed by atoms with Gasteiger partial charge in [-0.2, -0.15) is 0 Å². The maximum absolute atomic E-state index is 11.1. The number of hydrogen-bond donors (Lipinski definition) is 0. The highest BCUT2D eigenvalue weighted by Crippen LogP contribution is 2.29. The van der Waals surface area contributed by atoms with Gasteiger partial charge in [-0.15, -0.1) is 0 Å². The first-order valence-corrected chi connectivity index (χ1v) is 3.93. The van der Waals surface area contributed by atoms with E-state index in [1.807, 2.05) is 18.7 Å². The lowest BCUT2D eigenvalue weighted by molar-refractivity contribution is -0.140. The third-order valence-electron chi connectivity index (χ3n) is 2.25. The maximum Gasteiger partial charge on any atom is 0.330 e. The predicted molar refractivity (Wildman–Crippen MR) is 46.1 cm³/mol. The molecule has 0 aromatic carbocycles. The monoisotopic (exact) mass is 170 g/mol. The highest BCUT2D eigenvalue weighted by molar-refractivity contribution is 5.92. The van der Waals surface area contributed by atoms with Crippen LogP contribution in [-0.2, 0) is 9.53 Å². The van der Waals surface area contributed by atoms with Gasteiger partial charge < -0.3 is 9.64 Å². The Morgan fingerprint density at radius 1 is 1.58 bits per heavy atom. The van der Waals surface area contributed by atoms with Gasteiger partial charge in [0, 0.05) is 7.05 Å². The topological polar surface area (TPSA) is 41.7 Å². The molecule has 0 aromatic heterocycles. The van der Waals surface area contributed by atoms with Crippen LogP contribution >= 0.6 is 0 Å². The average molecular weight is 170 g/mol. The van der Waals surface area contributed by atoms with Crippen molar-refractivity contribution in [3.05, 3.63) is 0 Å². The van der Waals surface area contributed by atoms with E-state index < -0.39 is 0 Å². The second-order valence-corrected chi connectivity index (χ2v) is 2.89. The van der Waals surface area contributed by atoms with Gasteiger partial charge in [0.1, 0.15) is 6.04 Å². The maximum atomic E-state index is 11.1. The van der Waals surface area contributed by atoms with Crippen LogP contribution in [0.2, 0.25) is 0 Å². The van der Waals surface area contributed by atoms with E-state index in [0.29, 0.717) is 0 Å². The third kappa shape index (κ3) is 1.29. The van der Waals surface area contributed by atoms with Crippen molar-refractivity contribution in [3.63, 3.8) is 0 Å². The number of methoxy groups -OCH3 is 1. The fourth-order valence-electron chi connectivity index (χ4n) is 1.39. The second kappa shape index (κ2) is 3.13. The van der Waals surface area contributed by atoms with E-state index >= 15 is 0 Å². The van der Waals surface area contributed by atoms with Gasteiger partial charge in [-0.05, 0) is 13.8 Å². The van der Waals surface area contributed by atoms with Crippen molar-refractivity contribution in [3.8, 4) is 0 Å². The molecule has 0 bridgehead atoms. The molecule has 0 aliphatic carbocycles. The van der Waals surface area contributed by atoms with Gasteiger partial charge in [0.15, 0.2) is 0 Å². The molecule has 1 fully saturated rings. The molecule has 0 spiro atoms. The van der Waals surface area contributed by atoms with Crippen LogP contribution < -0.4 is 0 Å². The zero-order valence-corrected chi connectivity index (χ0v) is 7.87. The minimum atomic E-state index is -0.175. The highest BCUT2D eigenvalue weighted by atomic mass is 16.5. The number of ether oxygens (including phenoxy) is 1. The lowest BCUT2D eigenvalue weighted by Gasteiger charge is -2.01. The van der Waals surface area contributed by atoms with Crippen LogP contribution in [0.5, 0.6) is 0 Å². The van der Waals surface area contributed by atoms with Crippen LogP contribution in [0.15, 0.2) is 4.99 Å². The molecule has 0 saturated carbocycles. The third-order valence-corrected chi connectivity index (χ3v) is 2.25. The minimum absolute atomic E-state index is 0.112. The summed E-state index contributed by atoms with van der Waals surface area (Å²) in [5, 5.41) is 0. The summed E-state index contributed by atoms with van der Waals surface area (Å²) in [6.07, 6.45) is 0. The molecule has 0 radical (unpaired) electrons. The average Bonchev–Trinajstić information content (AvgIpc) is 2.74. The Kier molecular flexibility index (Phi) is 2.35.